The molecular weight excluding hydrogens is 176 g/mol. The monoisotopic (exact) mass is 182 g/mol. The zero-order valence-electron chi connectivity index (χ0n) is 5.21. The largest absolute Gasteiger partial charge is 0.281 e. The van der Waals surface area contributed by atoms with E-state index in [1.165, 1.54) is 0 Å². The minimum atomic E-state index is -2.95. The molecule has 0 spiro atoms. The van der Waals surface area contributed by atoms with Gasteiger partial charge >= 0.3 is 0 Å². The van der Waals surface area contributed by atoms with Gasteiger partial charge in [-0.25, -0.2) is 8.42 Å². The summed E-state index contributed by atoms with van der Waals surface area (Å²) in [5.41, 5.74) is 0. The predicted octanol–water partition coefficient (Wildman–Crippen LogP) is 0.186. The maximum Gasteiger partial charge on any atom is 0.225 e. The van der Waals surface area contributed by atoms with Crippen LogP contribution in [-0.2, 0) is 14.6 Å². The standard InChI is InChI=1S/C5H7ClO3S/c6-5(7)4-1-2-10(8,9)3-4/h4H,1-3H2. The molecule has 10 heavy (non-hydrogen) atoms. The molecule has 1 atom stereocenters. The number of carbonyl (C=O) groups is 1. The first-order valence-electron chi connectivity index (χ1n) is 2.91. The second kappa shape index (κ2) is 2.51. The molecule has 0 amide bonds. The van der Waals surface area contributed by atoms with Gasteiger partial charge in [-0.15, -0.1) is 0 Å². The Morgan fingerprint density at radius 3 is 2.30 bits per heavy atom. The Morgan fingerprint density at radius 1 is 1.50 bits per heavy atom. The summed E-state index contributed by atoms with van der Waals surface area (Å²) < 4.78 is 21.5. The number of hydrogen-bond acceptors (Lipinski definition) is 3. The first-order chi connectivity index (χ1) is 4.51. The molecule has 5 heteroatoms. The molecule has 3 nitrogen and oxygen atoms in total. The van der Waals surface area contributed by atoms with Crippen LogP contribution >= 0.6 is 11.6 Å². The van der Waals surface area contributed by atoms with Crippen molar-refractivity contribution in [2.45, 2.75) is 6.42 Å². The molecule has 0 aromatic heterocycles. The normalized spacial score (nSPS) is 30.3. The van der Waals surface area contributed by atoms with E-state index in [1.54, 1.807) is 0 Å². The van der Waals surface area contributed by atoms with E-state index in [-0.39, 0.29) is 11.5 Å². The van der Waals surface area contributed by atoms with Gasteiger partial charge in [-0.3, -0.25) is 4.79 Å². The van der Waals surface area contributed by atoms with Crippen LogP contribution in [0, 0.1) is 5.92 Å². The van der Waals surface area contributed by atoms with Crippen LogP contribution in [0.5, 0.6) is 0 Å². The van der Waals surface area contributed by atoms with Crippen molar-refractivity contribution in [3.05, 3.63) is 0 Å². The second-order valence-corrected chi connectivity index (χ2v) is 5.01. The smallest absolute Gasteiger partial charge is 0.225 e. The van der Waals surface area contributed by atoms with Gasteiger partial charge in [0.15, 0.2) is 9.84 Å². The van der Waals surface area contributed by atoms with Crippen LogP contribution in [0.1, 0.15) is 6.42 Å². The SMILES string of the molecule is O=C(Cl)C1CCS(=O)(=O)C1. The van der Waals surface area contributed by atoms with Gasteiger partial charge in [0.05, 0.1) is 11.5 Å². The zero-order chi connectivity index (χ0) is 7.78. The summed E-state index contributed by atoms with van der Waals surface area (Å²) in [4.78, 5) is 10.4. The van der Waals surface area contributed by atoms with Gasteiger partial charge < -0.3 is 0 Å². The summed E-state index contributed by atoms with van der Waals surface area (Å²) in [5.74, 6) is -0.405. The average Bonchev–Trinajstić information content (AvgIpc) is 2.10. The first-order valence-corrected chi connectivity index (χ1v) is 5.11. The van der Waals surface area contributed by atoms with Gasteiger partial charge in [-0.2, -0.15) is 0 Å². The van der Waals surface area contributed by atoms with Crippen molar-refractivity contribution < 1.29 is 13.2 Å². The highest BCUT2D eigenvalue weighted by molar-refractivity contribution is 7.91. The molecule has 1 saturated heterocycles. The first kappa shape index (κ1) is 8.01. The second-order valence-electron chi connectivity index (χ2n) is 2.40. The Hall–Kier alpha value is -0.0900. The lowest BCUT2D eigenvalue weighted by molar-refractivity contribution is -0.114. The Labute approximate surface area is 64.3 Å². The van der Waals surface area contributed by atoms with Crippen molar-refractivity contribution in [1.82, 2.24) is 0 Å². The maximum atomic E-state index is 10.7. The van der Waals surface area contributed by atoms with E-state index in [9.17, 15) is 13.2 Å². The third-order valence-corrected chi connectivity index (χ3v) is 3.63. The molecule has 0 aromatic carbocycles. The highest BCUT2D eigenvalue weighted by Gasteiger charge is 2.31. The fourth-order valence-corrected chi connectivity index (χ4v) is 2.99. The summed E-state index contributed by atoms with van der Waals surface area (Å²) in [6.07, 6.45) is 0.394. The topological polar surface area (TPSA) is 51.2 Å². The Morgan fingerprint density at radius 2 is 2.10 bits per heavy atom. The van der Waals surface area contributed by atoms with Crippen LogP contribution in [0.3, 0.4) is 0 Å². The lowest BCUT2D eigenvalue weighted by Gasteiger charge is -1.95. The average molecular weight is 183 g/mol. The van der Waals surface area contributed by atoms with Crippen molar-refractivity contribution in [2.75, 3.05) is 11.5 Å². The lowest BCUT2D eigenvalue weighted by atomic mass is 10.1. The van der Waals surface area contributed by atoms with E-state index in [1.807, 2.05) is 0 Å². The minimum absolute atomic E-state index is 0.0602. The quantitative estimate of drug-likeness (QED) is 0.544. The number of hydrogen-bond donors (Lipinski definition) is 0. The summed E-state index contributed by atoms with van der Waals surface area (Å²) >= 11 is 5.11. The van der Waals surface area contributed by atoms with Gasteiger partial charge in [0, 0.05) is 5.92 Å². The lowest BCUT2D eigenvalue weighted by Crippen LogP contribution is -2.10. The fraction of sp³-hybridized carbons (Fsp3) is 0.800. The summed E-state index contributed by atoms with van der Waals surface area (Å²) in [5, 5.41) is -0.527. The number of halogens is 1. The third kappa shape index (κ3) is 1.70. The van der Waals surface area contributed by atoms with Crippen molar-refractivity contribution in [1.29, 1.82) is 0 Å². The zero-order valence-corrected chi connectivity index (χ0v) is 6.78. The van der Waals surface area contributed by atoms with Crippen molar-refractivity contribution in [3.8, 4) is 0 Å². The molecule has 1 fully saturated rings. The molecule has 0 bridgehead atoms. The van der Waals surface area contributed by atoms with E-state index in [2.05, 4.69) is 0 Å². The van der Waals surface area contributed by atoms with Crippen LogP contribution in [0.2, 0.25) is 0 Å². The molecular formula is C5H7ClO3S. The molecule has 0 aliphatic carbocycles. The number of rotatable bonds is 1. The van der Waals surface area contributed by atoms with E-state index in [4.69, 9.17) is 11.6 Å². The Balaban J connectivity index is 2.69. The molecule has 1 rings (SSSR count). The molecule has 1 heterocycles. The van der Waals surface area contributed by atoms with Gasteiger partial charge in [0.1, 0.15) is 0 Å². The van der Waals surface area contributed by atoms with Crippen molar-refractivity contribution in [3.63, 3.8) is 0 Å². The van der Waals surface area contributed by atoms with Crippen LogP contribution in [-0.4, -0.2) is 25.2 Å². The van der Waals surface area contributed by atoms with Gasteiger partial charge in [-0.05, 0) is 18.0 Å². The minimum Gasteiger partial charge on any atom is -0.281 e. The summed E-state index contributed by atoms with van der Waals surface area (Å²) in [7, 11) is -2.95. The van der Waals surface area contributed by atoms with Gasteiger partial charge in [0.2, 0.25) is 5.24 Å². The highest BCUT2D eigenvalue weighted by atomic mass is 35.5. The van der Waals surface area contributed by atoms with Crippen LogP contribution in [0.15, 0.2) is 0 Å². The molecule has 1 aliphatic rings. The van der Waals surface area contributed by atoms with E-state index in [0.29, 0.717) is 6.42 Å². The molecule has 0 saturated carbocycles. The van der Waals surface area contributed by atoms with E-state index in [0.717, 1.165) is 0 Å². The van der Waals surface area contributed by atoms with E-state index < -0.39 is 21.0 Å². The van der Waals surface area contributed by atoms with Crippen LogP contribution in [0.25, 0.3) is 0 Å². The predicted molar refractivity (Wildman–Crippen MR) is 37.6 cm³/mol. The highest BCUT2D eigenvalue weighted by Crippen LogP contribution is 2.20. The Kier molecular flexibility index (Phi) is 2.01. The molecule has 0 aromatic rings. The van der Waals surface area contributed by atoms with Gasteiger partial charge in [0.25, 0.3) is 0 Å². The summed E-state index contributed by atoms with van der Waals surface area (Å²) in [6.45, 7) is 0. The van der Waals surface area contributed by atoms with Crippen molar-refractivity contribution >= 4 is 26.7 Å². The molecule has 0 N–H and O–H groups in total. The number of carbonyl (C=O) groups excluding carboxylic acids is 1. The molecule has 1 aliphatic heterocycles. The fourth-order valence-electron chi connectivity index (χ4n) is 0.974. The molecule has 0 radical (unpaired) electrons. The molecule has 58 valence electrons. The Bertz CT molecular complexity index is 244. The summed E-state index contributed by atoms with van der Waals surface area (Å²) in [6, 6.07) is 0. The van der Waals surface area contributed by atoms with E-state index >= 15 is 0 Å². The van der Waals surface area contributed by atoms with Crippen LogP contribution in [0.4, 0.5) is 0 Å². The van der Waals surface area contributed by atoms with Crippen LogP contribution < -0.4 is 0 Å². The van der Waals surface area contributed by atoms with Gasteiger partial charge in [-0.1, -0.05) is 0 Å². The number of sulfone groups is 1. The maximum absolute atomic E-state index is 10.7. The third-order valence-electron chi connectivity index (χ3n) is 1.55. The van der Waals surface area contributed by atoms with Crippen molar-refractivity contribution in [2.24, 2.45) is 5.92 Å². The molecule has 1 unspecified atom stereocenters.